The van der Waals surface area contributed by atoms with E-state index < -0.39 is 5.97 Å². The Balaban J connectivity index is 1.34. The quantitative estimate of drug-likeness (QED) is 0.160. The molecule has 0 aliphatic rings. The van der Waals surface area contributed by atoms with E-state index in [0.29, 0.717) is 6.54 Å². The van der Waals surface area contributed by atoms with Crippen LogP contribution in [0.3, 0.4) is 0 Å². The van der Waals surface area contributed by atoms with Gasteiger partial charge in [-0.25, -0.2) is 9.48 Å². The zero-order valence-corrected chi connectivity index (χ0v) is 21.2. The van der Waals surface area contributed by atoms with Gasteiger partial charge in [-0.15, -0.1) is 0 Å². The first-order valence-corrected chi connectivity index (χ1v) is 12.4. The van der Waals surface area contributed by atoms with E-state index in [1.807, 2.05) is 79.0 Å². The van der Waals surface area contributed by atoms with Gasteiger partial charge >= 0.3 is 5.97 Å². The van der Waals surface area contributed by atoms with Gasteiger partial charge < -0.3 is 10.1 Å². The molecule has 1 heterocycles. The van der Waals surface area contributed by atoms with Gasteiger partial charge in [0, 0.05) is 34.4 Å². The Morgan fingerprint density at radius 3 is 2.36 bits per heavy atom. The van der Waals surface area contributed by atoms with Crippen LogP contribution in [0.4, 0.5) is 0 Å². The van der Waals surface area contributed by atoms with Gasteiger partial charge in [0.1, 0.15) is 0 Å². The molecule has 1 N–H and O–H groups in total. The molecule has 4 rings (SSSR count). The van der Waals surface area contributed by atoms with E-state index >= 15 is 0 Å². The number of nitrogens with one attached hydrogen (secondary N) is 1. The first-order valence-electron chi connectivity index (χ1n) is 11.6. The molecule has 0 atom stereocenters. The number of amides is 1. The second-order valence-corrected chi connectivity index (χ2v) is 9.02. The maximum atomic E-state index is 12.3. The number of halogens is 1. The molecular weight excluding hydrogens is 518 g/mol. The van der Waals surface area contributed by atoms with Crippen molar-refractivity contribution in [3.63, 3.8) is 0 Å². The highest BCUT2D eigenvalue weighted by atomic mass is 79.9. The van der Waals surface area contributed by atoms with Crippen molar-refractivity contribution in [2.45, 2.75) is 12.8 Å². The Labute approximate surface area is 218 Å². The minimum absolute atomic E-state index is 0.322. The van der Waals surface area contributed by atoms with Crippen LogP contribution in [-0.2, 0) is 20.7 Å². The van der Waals surface area contributed by atoms with Crippen LogP contribution < -0.4 is 5.32 Å². The smallest absolute Gasteiger partial charge is 0.331 e. The summed E-state index contributed by atoms with van der Waals surface area (Å²) in [5, 5.41) is 7.51. The zero-order chi connectivity index (χ0) is 25.2. The van der Waals surface area contributed by atoms with Gasteiger partial charge in [0.2, 0.25) is 0 Å². The van der Waals surface area contributed by atoms with Crippen LogP contribution in [0.5, 0.6) is 0 Å². The number of carbonyl (C=O) groups is 2. The lowest BCUT2D eigenvalue weighted by molar-refractivity contribution is -0.143. The fourth-order valence-corrected chi connectivity index (χ4v) is 3.88. The van der Waals surface area contributed by atoms with Crippen LogP contribution in [0.2, 0.25) is 0 Å². The average molecular weight is 544 g/mol. The van der Waals surface area contributed by atoms with E-state index in [0.717, 1.165) is 39.8 Å². The van der Waals surface area contributed by atoms with Gasteiger partial charge in [0.15, 0.2) is 6.61 Å². The van der Waals surface area contributed by atoms with Crippen LogP contribution in [0, 0.1) is 0 Å². The van der Waals surface area contributed by atoms with E-state index in [9.17, 15) is 9.59 Å². The SMILES string of the molecule is O=C(COC(=O)/C=C/c1cn(-c2ccccc2)nc1-c1ccc(Br)cc1)NCCCc1ccccc1. The van der Waals surface area contributed by atoms with Gasteiger partial charge in [0.05, 0.1) is 11.4 Å². The summed E-state index contributed by atoms with van der Waals surface area (Å²) in [5.74, 6) is -0.916. The fraction of sp³-hybridized carbons (Fsp3) is 0.138. The van der Waals surface area contributed by atoms with Crippen LogP contribution >= 0.6 is 15.9 Å². The van der Waals surface area contributed by atoms with Crippen molar-refractivity contribution in [3.05, 3.63) is 113 Å². The Morgan fingerprint density at radius 2 is 1.64 bits per heavy atom. The monoisotopic (exact) mass is 543 g/mol. The predicted molar refractivity (Wildman–Crippen MR) is 144 cm³/mol. The van der Waals surface area contributed by atoms with Gasteiger partial charge in [-0.1, -0.05) is 76.6 Å². The minimum Gasteiger partial charge on any atom is -0.452 e. The number of hydrogen-bond acceptors (Lipinski definition) is 4. The number of ether oxygens (including phenoxy) is 1. The van der Waals surface area contributed by atoms with Crippen molar-refractivity contribution in [3.8, 4) is 16.9 Å². The number of rotatable bonds is 10. The Hall–Kier alpha value is -3.97. The number of nitrogens with zero attached hydrogens (tertiary/aromatic N) is 2. The highest BCUT2D eigenvalue weighted by Gasteiger charge is 2.12. The summed E-state index contributed by atoms with van der Waals surface area (Å²) >= 11 is 3.45. The molecule has 1 aromatic heterocycles. The summed E-state index contributed by atoms with van der Waals surface area (Å²) in [6.07, 6.45) is 6.52. The summed E-state index contributed by atoms with van der Waals surface area (Å²) in [5.41, 5.74) is 4.52. The number of carbonyl (C=O) groups excluding carboxylic acids is 2. The van der Waals surface area contributed by atoms with Crippen LogP contribution in [0.1, 0.15) is 17.5 Å². The van der Waals surface area contributed by atoms with Crippen LogP contribution in [0.25, 0.3) is 23.0 Å². The maximum absolute atomic E-state index is 12.3. The fourth-order valence-electron chi connectivity index (χ4n) is 3.61. The second-order valence-electron chi connectivity index (χ2n) is 8.10. The van der Waals surface area contributed by atoms with E-state index in [2.05, 4.69) is 33.4 Å². The molecule has 182 valence electrons. The predicted octanol–water partition coefficient (Wildman–Crippen LogP) is 5.61. The van der Waals surface area contributed by atoms with Crippen molar-refractivity contribution in [2.24, 2.45) is 0 Å². The third kappa shape index (κ3) is 7.26. The summed E-state index contributed by atoms with van der Waals surface area (Å²) < 4.78 is 7.86. The molecule has 0 bridgehead atoms. The number of para-hydroxylation sites is 1. The van der Waals surface area contributed by atoms with Crippen molar-refractivity contribution in [1.82, 2.24) is 15.1 Å². The third-order valence-corrected chi connectivity index (χ3v) is 5.96. The number of aromatic nitrogens is 2. The molecule has 1 amide bonds. The van der Waals surface area contributed by atoms with Gasteiger partial charge in [0.25, 0.3) is 5.91 Å². The summed E-state index contributed by atoms with van der Waals surface area (Å²) in [7, 11) is 0. The molecule has 36 heavy (non-hydrogen) atoms. The van der Waals surface area contributed by atoms with Gasteiger partial charge in [-0.3, -0.25) is 4.79 Å². The number of hydrogen-bond donors (Lipinski definition) is 1. The molecule has 0 saturated carbocycles. The average Bonchev–Trinajstić information content (AvgIpc) is 3.34. The number of benzene rings is 3. The number of esters is 1. The van der Waals surface area contributed by atoms with Crippen LogP contribution in [0.15, 0.2) is 102 Å². The third-order valence-electron chi connectivity index (χ3n) is 5.43. The topological polar surface area (TPSA) is 73.2 Å². The Kier molecular flexibility index (Phi) is 8.83. The van der Waals surface area contributed by atoms with Crippen molar-refractivity contribution in [1.29, 1.82) is 0 Å². The molecule has 0 spiro atoms. The van der Waals surface area contributed by atoms with E-state index in [1.165, 1.54) is 11.6 Å². The summed E-state index contributed by atoms with van der Waals surface area (Å²) in [6.45, 7) is 0.202. The molecule has 7 heteroatoms. The highest BCUT2D eigenvalue weighted by molar-refractivity contribution is 9.10. The lowest BCUT2D eigenvalue weighted by Crippen LogP contribution is -2.29. The largest absolute Gasteiger partial charge is 0.452 e. The van der Waals surface area contributed by atoms with Crippen molar-refractivity contribution >= 4 is 33.9 Å². The Bertz CT molecular complexity index is 1320. The minimum atomic E-state index is -0.594. The standard InChI is InChI=1S/C29H26BrN3O3/c30-25-16-13-23(14-17-25)29-24(20-33(32-29)26-11-5-2-6-12-26)15-18-28(35)36-21-27(34)31-19-7-10-22-8-3-1-4-9-22/h1-6,8-9,11-18,20H,7,10,19,21H2,(H,31,34)/b18-15+. The number of aryl methyl sites for hydroxylation is 1. The highest BCUT2D eigenvalue weighted by Crippen LogP contribution is 2.26. The van der Waals surface area contributed by atoms with E-state index in [-0.39, 0.29) is 12.5 Å². The molecular formula is C29H26BrN3O3. The maximum Gasteiger partial charge on any atom is 0.331 e. The molecule has 0 aliphatic carbocycles. The van der Waals surface area contributed by atoms with Crippen molar-refractivity contribution < 1.29 is 14.3 Å². The van der Waals surface area contributed by atoms with Gasteiger partial charge in [-0.2, -0.15) is 5.10 Å². The van der Waals surface area contributed by atoms with E-state index in [1.54, 1.807) is 10.8 Å². The molecule has 0 fully saturated rings. The lowest BCUT2D eigenvalue weighted by atomic mass is 10.1. The lowest BCUT2D eigenvalue weighted by Gasteiger charge is -2.05. The molecule has 6 nitrogen and oxygen atoms in total. The van der Waals surface area contributed by atoms with Crippen LogP contribution in [-0.4, -0.2) is 34.8 Å². The van der Waals surface area contributed by atoms with Crippen molar-refractivity contribution in [2.75, 3.05) is 13.2 Å². The molecule has 0 radical (unpaired) electrons. The molecule has 0 aliphatic heterocycles. The second kappa shape index (κ2) is 12.7. The first kappa shape index (κ1) is 25.1. The summed E-state index contributed by atoms with van der Waals surface area (Å²) in [6, 6.07) is 27.6. The van der Waals surface area contributed by atoms with Gasteiger partial charge in [-0.05, 0) is 48.7 Å². The van der Waals surface area contributed by atoms with E-state index in [4.69, 9.17) is 9.84 Å². The normalized spacial score (nSPS) is 10.9. The Morgan fingerprint density at radius 1 is 0.944 bits per heavy atom. The summed E-state index contributed by atoms with van der Waals surface area (Å²) in [4.78, 5) is 24.3. The zero-order valence-electron chi connectivity index (χ0n) is 19.6. The molecule has 0 unspecified atom stereocenters. The first-order chi connectivity index (χ1) is 17.6. The molecule has 4 aromatic rings. The molecule has 3 aromatic carbocycles. The molecule has 0 saturated heterocycles.